The molecule has 1 heterocycles. The second kappa shape index (κ2) is 5.85. The van der Waals surface area contributed by atoms with E-state index in [2.05, 4.69) is 0 Å². The maximum atomic E-state index is 9.82. The molecule has 1 aromatic carbocycles. The third kappa shape index (κ3) is 3.23. The van der Waals surface area contributed by atoms with Crippen LogP contribution in [0.2, 0.25) is 0 Å². The second-order valence-electron chi connectivity index (χ2n) is 4.85. The number of benzene rings is 1. The van der Waals surface area contributed by atoms with E-state index in [1.807, 2.05) is 0 Å². The Bertz CT molecular complexity index is 410. The zero-order valence-electron chi connectivity index (χ0n) is 10.4. The van der Waals surface area contributed by atoms with Crippen molar-refractivity contribution >= 4 is 0 Å². The van der Waals surface area contributed by atoms with Gasteiger partial charge in [0.2, 0.25) is 0 Å². The zero-order valence-corrected chi connectivity index (χ0v) is 10.4. The molecule has 6 nitrogen and oxygen atoms in total. The lowest BCUT2D eigenvalue weighted by Gasteiger charge is -2.36. The minimum absolute atomic E-state index is 0.0226. The smallest absolute Gasteiger partial charge is 0.115 e. The molecule has 1 fully saturated rings. The van der Waals surface area contributed by atoms with Gasteiger partial charge in [-0.05, 0) is 24.1 Å². The van der Waals surface area contributed by atoms with Gasteiger partial charge < -0.3 is 30.9 Å². The number of phenolic OH excluding ortho intramolecular Hbond substituents is 1. The lowest BCUT2D eigenvalue weighted by atomic mass is 9.93. The summed E-state index contributed by atoms with van der Waals surface area (Å²) < 4.78 is 5.30. The van der Waals surface area contributed by atoms with Gasteiger partial charge in [0.15, 0.2) is 0 Å². The van der Waals surface area contributed by atoms with Crippen molar-refractivity contribution in [1.29, 1.82) is 0 Å². The van der Waals surface area contributed by atoms with Gasteiger partial charge in [0, 0.05) is 6.04 Å². The van der Waals surface area contributed by atoms with Gasteiger partial charge in [-0.25, -0.2) is 0 Å². The molecule has 0 aliphatic carbocycles. The first kappa shape index (κ1) is 14.2. The lowest BCUT2D eigenvalue weighted by Crippen LogP contribution is -2.53. The largest absolute Gasteiger partial charge is 0.508 e. The third-order valence-electron chi connectivity index (χ3n) is 3.41. The molecule has 0 aromatic heterocycles. The highest BCUT2D eigenvalue weighted by Crippen LogP contribution is 2.25. The lowest BCUT2D eigenvalue weighted by molar-refractivity contribution is -0.189. The fourth-order valence-electron chi connectivity index (χ4n) is 2.18. The molecule has 2 rings (SSSR count). The van der Waals surface area contributed by atoms with Gasteiger partial charge >= 0.3 is 0 Å². The fourth-order valence-corrected chi connectivity index (χ4v) is 2.18. The Labute approximate surface area is 111 Å². The molecule has 5 atom stereocenters. The van der Waals surface area contributed by atoms with Gasteiger partial charge in [-0.2, -0.15) is 0 Å². The third-order valence-corrected chi connectivity index (χ3v) is 3.41. The molecule has 1 aliphatic heterocycles. The molecular formula is C13H19NO5. The topological polar surface area (TPSA) is 116 Å². The molecule has 6 heteroatoms. The van der Waals surface area contributed by atoms with Crippen LogP contribution in [-0.4, -0.2) is 51.4 Å². The Balaban J connectivity index is 1.98. The quantitative estimate of drug-likeness (QED) is 0.494. The fraction of sp³-hybridized carbons (Fsp3) is 0.538. The maximum Gasteiger partial charge on any atom is 0.115 e. The Morgan fingerprint density at radius 3 is 2.42 bits per heavy atom. The summed E-state index contributed by atoms with van der Waals surface area (Å²) >= 11 is 0. The molecule has 0 radical (unpaired) electrons. The molecule has 1 aliphatic rings. The van der Waals surface area contributed by atoms with E-state index in [9.17, 15) is 20.4 Å². The summed E-state index contributed by atoms with van der Waals surface area (Å²) in [7, 11) is 0. The van der Waals surface area contributed by atoms with E-state index >= 15 is 0 Å². The van der Waals surface area contributed by atoms with Crippen molar-refractivity contribution in [3.8, 4) is 5.75 Å². The van der Waals surface area contributed by atoms with Crippen LogP contribution < -0.4 is 5.73 Å². The second-order valence-corrected chi connectivity index (χ2v) is 4.85. The predicted octanol–water partition coefficient (Wildman–Crippen LogP) is -0.736. The normalized spacial score (nSPS) is 33.1. The first-order chi connectivity index (χ1) is 8.99. The molecule has 1 saturated heterocycles. The van der Waals surface area contributed by atoms with Crippen molar-refractivity contribution in [1.82, 2.24) is 0 Å². The van der Waals surface area contributed by atoms with Crippen LogP contribution in [0.15, 0.2) is 24.3 Å². The maximum absolute atomic E-state index is 9.82. The van der Waals surface area contributed by atoms with Gasteiger partial charge in [-0.3, -0.25) is 0 Å². The first-order valence-corrected chi connectivity index (χ1v) is 6.19. The minimum Gasteiger partial charge on any atom is -0.508 e. The molecule has 19 heavy (non-hydrogen) atoms. The number of aliphatic hydroxyl groups excluding tert-OH is 3. The highest BCUT2D eigenvalue weighted by molar-refractivity contribution is 5.27. The molecule has 0 bridgehead atoms. The SMILES string of the molecule is NC(CC1OC[C@@H](O)[C@H](O)[C@H]1O)c1ccc(O)cc1. The summed E-state index contributed by atoms with van der Waals surface area (Å²) in [5.74, 6) is 0.156. The molecule has 0 spiro atoms. The Kier molecular flexibility index (Phi) is 4.38. The molecule has 1 aromatic rings. The average molecular weight is 269 g/mol. The first-order valence-electron chi connectivity index (χ1n) is 6.19. The van der Waals surface area contributed by atoms with Crippen LogP contribution in [0.1, 0.15) is 18.0 Å². The summed E-state index contributed by atoms with van der Waals surface area (Å²) in [5.41, 5.74) is 6.80. The Hall–Kier alpha value is -1.18. The van der Waals surface area contributed by atoms with E-state index in [1.165, 1.54) is 12.1 Å². The van der Waals surface area contributed by atoms with Crippen LogP contribution >= 0.6 is 0 Å². The van der Waals surface area contributed by atoms with Crippen molar-refractivity contribution in [3.05, 3.63) is 29.8 Å². The van der Waals surface area contributed by atoms with Gasteiger partial charge in [-0.1, -0.05) is 12.1 Å². The molecular weight excluding hydrogens is 250 g/mol. The molecule has 2 unspecified atom stereocenters. The average Bonchev–Trinajstić information content (AvgIpc) is 2.40. The predicted molar refractivity (Wildman–Crippen MR) is 67.4 cm³/mol. The van der Waals surface area contributed by atoms with Crippen LogP contribution in [-0.2, 0) is 4.74 Å². The zero-order chi connectivity index (χ0) is 14.0. The molecule has 106 valence electrons. The monoisotopic (exact) mass is 269 g/mol. The number of hydrogen-bond donors (Lipinski definition) is 5. The van der Waals surface area contributed by atoms with Crippen molar-refractivity contribution in [2.45, 2.75) is 36.9 Å². The van der Waals surface area contributed by atoms with E-state index in [0.29, 0.717) is 6.42 Å². The number of nitrogens with two attached hydrogens (primary N) is 1. The highest BCUT2D eigenvalue weighted by Gasteiger charge is 2.38. The van der Waals surface area contributed by atoms with Gasteiger partial charge in [0.25, 0.3) is 0 Å². The van der Waals surface area contributed by atoms with E-state index in [0.717, 1.165) is 5.56 Å². The van der Waals surface area contributed by atoms with Crippen molar-refractivity contribution < 1.29 is 25.2 Å². The summed E-state index contributed by atoms with van der Waals surface area (Å²) in [6.07, 6.45) is -3.76. The summed E-state index contributed by atoms with van der Waals surface area (Å²) in [5, 5.41) is 38.0. The van der Waals surface area contributed by atoms with Crippen molar-refractivity contribution in [2.24, 2.45) is 5.73 Å². The highest BCUT2D eigenvalue weighted by atomic mass is 16.5. The number of hydrogen-bond acceptors (Lipinski definition) is 6. The van der Waals surface area contributed by atoms with Gasteiger partial charge in [0.1, 0.15) is 24.1 Å². The van der Waals surface area contributed by atoms with Crippen molar-refractivity contribution in [2.75, 3.05) is 6.61 Å². The van der Waals surface area contributed by atoms with E-state index in [1.54, 1.807) is 12.1 Å². The van der Waals surface area contributed by atoms with Crippen LogP contribution in [0.4, 0.5) is 0 Å². The molecule has 6 N–H and O–H groups in total. The minimum atomic E-state index is -1.22. The van der Waals surface area contributed by atoms with Crippen LogP contribution in [0.25, 0.3) is 0 Å². The number of aliphatic hydroxyl groups is 3. The van der Waals surface area contributed by atoms with E-state index in [4.69, 9.17) is 10.5 Å². The molecule has 0 amide bonds. The summed E-state index contributed by atoms with van der Waals surface area (Å²) in [4.78, 5) is 0. The van der Waals surface area contributed by atoms with Crippen LogP contribution in [0.3, 0.4) is 0 Å². The summed E-state index contributed by atoms with van der Waals surface area (Å²) in [6.45, 7) is -0.0226. The number of rotatable bonds is 3. The Morgan fingerprint density at radius 2 is 1.79 bits per heavy atom. The van der Waals surface area contributed by atoms with Crippen LogP contribution in [0, 0.1) is 0 Å². The van der Waals surface area contributed by atoms with E-state index < -0.39 is 24.4 Å². The number of ether oxygens (including phenoxy) is 1. The Morgan fingerprint density at radius 1 is 1.16 bits per heavy atom. The number of aromatic hydroxyl groups is 1. The molecule has 0 saturated carbocycles. The standard InChI is InChI=1S/C13H19NO5/c14-9(7-1-3-8(15)4-2-7)5-11-13(18)12(17)10(16)6-19-11/h1-4,9-13,15-18H,5-6,14H2/t9?,10-,11?,12+,13+/m1/s1. The van der Waals surface area contributed by atoms with Crippen molar-refractivity contribution in [3.63, 3.8) is 0 Å². The van der Waals surface area contributed by atoms with E-state index in [-0.39, 0.29) is 18.4 Å². The van der Waals surface area contributed by atoms with Gasteiger partial charge in [-0.15, -0.1) is 0 Å². The van der Waals surface area contributed by atoms with Gasteiger partial charge in [0.05, 0.1) is 12.7 Å². The number of phenols is 1. The summed E-state index contributed by atoms with van der Waals surface area (Å²) in [6, 6.07) is 6.07. The van der Waals surface area contributed by atoms with Crippen LogP contribution in [0.5, 0.6) is 5.75 Å².